The topological polar surface area (TPSA) is 20.2 Å². The van der Waals surface area contributed by atoms with Gasteiger partial charge in [0.2, 0.25) is 0 Å². The first-order valence-corrected chi connectivity index (χ1v) is 9.66. The molecule has 4 unspecified atom stereocenters. The molecule has 1 fully saturated rings. The third kappa shape index (κ3) is 2.35. The number of phenols is 1. The molecule has 0 saturated heterocycles. The molecule has 124 valence electrons. The smallest absolute Gasteiger partial charge is 0.115 e. The summed E-state index contributed by atoms with van der Waals surface area (Å²) in [5.41, 5.74) is 4.93. The van der Waals surface area contributed by atoms with Crippen molar-refractivity contribution in [3.63, 3.8) is 0 Å². The second kappa shape index (κ2) is 5.69. The van der Waals surface area contributed by atoms with Crippen LogP contribution >= 0.6 is 0 Å². The van der Waals surface area contributed by atoms with Crippen molar-refractivity contribution in [2.24, 2.45) is 23.2 Å². The molecule has 3 aliphatic carbocycles. The zero-order valence-corrected chi connectivity index (χ0v) is 14.6. The molecule has 4 atom stereocenters. The van der Waals surface area contributed by atoms with Gasteiger partial charge in [-0.3, -0.25) is 0 Å². The summed E-state index contributed by atoms with van der Waals surface area (Å²) in [4.78, 5) is 0. The van der Waals surface area contributed by atoms with Crippen LogP contribution in [0.2, 0.25) is 0 Å². The number of allylic oxidation sites excluding steroid dienone is 2. The molecule has 4 rings (SSSR count). The summed E-state index contributed by atoms with van der Waals surface area (Å²) in [7, 11) is 0. The Balaban J connectivity index is 1.66. The van der Waals surface area contributed by atoms with Crippen molar-refractivity contribution in [3.8, 4) is 5.75 Å². The van der Waals surface area contributed by atoms with Crippen molar-refractivity contribution in [1.82, 2.24) is 0 Å². The van der Waals surface area contributed by atoms with Crippen molar-refractivity contribution in [2.45, 2.75) is 65.2 Å². The lowest BCUT2D eigenvalue weighted by molar-refractivity contribution is 0.110. The monoisotopic (exact) mass is 310 g/mol. The molecule has 1 aromatic carbocycles. The van der Waals surface area contributed by atoms with Crippen molar-refractivity contribution >= 4 is 5.57 Å². The second-order valence-electron chi connectivity index (χ2n) is 8.38. The standard InChI is InChI=1S/C22H30O/c1-3-4-5-16-7-11-21-20-9-6-15-14-17(23)8-10-18(15)19(20)12-13-22(16,21)2/h8,10,12,14,16,20-21,23H,3-7,9,11,13H2,1-2H3. The summed E-state index contributed by atoms with van der Waals surface area (Å²) < 4.78 is 0. The van der Waals surface area contributed by atoms with Crippen LogP contribution in [0.15, 0.2) is 24.3 Å². The minimum atomic E-state index is 0.420. The van der Waals surface area contributed by atoms with Gasteiger partial charge in [-0.1, -0.05) is 38.8 Å². The van der Waals surface area contributed by atoms with Crippen LogP contribution in [0.3, 0.4) is 0 Å². The van der Waals surface area contributed by atoms with Gasteiger partial charge in [0.05, 0.1) is 0 Å². The highest BCUT2D eigenvalue weighted by atomic mass is 16.3. The Bertz CT molecular complexity index is 629. The van der Waals surface area contributed by atoms with Crippen LogP contribution in [0.1, 0.15) is 69.9 Å². The van der Waals surface area contributed by atoms with Crippen LogP contribution in [0, 0.1) is 23.2 Å². The predicted octanol–water partition coefficient (Wildman–Crippen LogP) is 5.96. The van der Waals surface area contributed by atoms with Gasteiger partial charge < -0.3 is 5.11 Å². The number of aromatic hydroxyl groups is 1. The summed E-state index contributed by atoms with van der Waals surface area (Å²) in [5, 5.41) is 9.77. The maximum Gasteiger partial charge on any atom is 0.115 e. The number of unbranched alkanes of at least 4 members (excludes halogenated alkanes) is 1. The highest BCUT2D eigenvalue weighted by molar-refractivity contribution is 5.73. The lowest BCUT2D eigenvalue weighted by atomic mass is 9.58. The zero-order chi connectivity index (χ0) is 16.0. The third-order valence-corrected chi connectivity index (χ3v) is 7.28. The van der Waals surface area contributed by atoms with Crippen LogP contribution < -0.4 is 0 Å². The van der Waals surface area contributed by atoms with E-state index in [1.165, 1.54) is 56.1 Å². The molecule has 0 heterocycles. The van der Waals surface area contributed by atoms with Gasteiger partial charge in [-0.25, -0.2) is 0 Å². The molecule has 0 aromatic heterocycles. The summed E-state index contributed by atoms with van der Waals surface area (Å²) in [5.74, 6) is 3.00. The van der Waals surface area contributed by atoms with Gasteiger partial charge >= 0.3 is 0 Å². The number of hydrogen-bond acceptors (Lipinski definition) is 1. The molecule has 1 nitrogen and oxygen atoms in total. The fourth-order valence-corrected chi connectivity index (χ4v) is 5.99. The molecule has 0 bridgehead atoms. The summed E-state index contributed by atoms with van der Waals surface area (Å²) in [6.45, 7) is 4.91. The van der Waals surface area contributed by atoms with E-state index in [-0.39, 0.29) is 0 Å². The highest BCUT2D eigenvalue weighted by Crippen LogP contribution is 2.61. The molecule has 1 aromatic rings. The summed E-state index contributed by atoms with van der Waals surface area (Å²) >= 11 is 0. The van der Waals surface area contributed by atoms with Gasteiger partial charge in [-0.15, -0.1) is 0 Å². The Morgan fingerprint density at radius 3 is 2.91 bits per heavy atom. The molecule has 23 heavy (non-hydrogen) atoms. The minimum Gasteiger partial charge on any atom is -0.508 e. The fraction of sp³-hybridized carbons (Fsp3) is 0.636. The number of phenolic OH excluding ortho intramolecular Hbond substituents is 1. The maximum absolute atomic E-state index is 9.77. The van der Waals surface area contributed by atoms with Gasteiger partial charge in [-0.2, -0.15) is 0 Å². The second-order valence-corrected chi connectivity index (χ2v) is 8.38. The molecule has 0 spiro atoms. The number of rotatable bonds is 3. The summed E-state index contributed by atoms with van der Waals surface area (Å²) in [6.07, 6.45) is 13.3. The molecule has 0 radical (unpaired) electrons. The minimum absolute atomic E-state index is 0.420. The predicted molar refractivity (Wildman–Crippen MR) is 96.4 cm³/mol. The molecule has 0 aliphatic heterocycles. The number of benzene rings is 1. The molecule has 3 aliphatic rings. The van der Waals surface area contributed by atoms with E-state index < -0.39 is 0 Å². The Morgan fingerprint density at radius 2 is 2.09 bits per heavy atom. The van der Waals surface area contributed by atoms with E-state index >= 15 is 0 Å². The van der Waals surface area contributed by atoms with E-state index in [9.17, 15) is 5.11 Å². The van der Waals surface area contributed by atoms with Crippen LogP contribution in [0.4, 0.5) is 0 Å². The van der Waals surface area contributed by atoms with Crippen molar-refractivity contribution in [1.29, 1.82) is 0 Å². The van der Waals surface area contributed by atoms with Crippen molar-refractivity contribution in [2.75, 3.05) is 0 Å². The molecular formula is C22H30O. The van der Waals surface area contributed by atoms with Crippen LogP contribution in [-0.4, -0.2) is 5.11 Å². The van der Waals surface area contributed by atoms with Gasteiger partial charge in [0.1, 0.15) is 5.75 Å². The Hall–Kier alpha value is -1.24. The zero-order valence-electron chi connectivity index (χ0n) is 14.6. The maximum atomic E-state index is 9.77. The average Bonchev–Trinajstić information content (AvgIpc) is 2.89. The number of fused-ring (bicyclic) bond motifs is 5. The van der Waals surface area contributed by atoms with Crippen molar-refractivity contribution in [3.05, 3.63) is 35.4 Å². The average molecular weight is 310 g/mol. The van der Waals surface area contributed by atoms with Gasteiger partial charge in [-0.05, 0) is 90.5 Å². The first-order valence-electron chi connectivity index (χ1n) is 9.66. The van der Waals surface area contributed by atoms with Gasteiger partial charge in [0.15, 0.2) is 0 Å². The van der Waals surface area contributed by atoms with E-state index in [0.717, 1.165) is 24.2 Å². The van der Waals surface area contributed by atoms with E-state index in [1.54, 1.807) is 5.57 Å². The Morgan fingerprint density at radius 1 is 1.22 bits per heavy atom. The first kappa shape index (κ1) is 15.3. The fourth-order valence-electron chi connectivity index (χ4n) is 5.99. The van der Waals surface area contributed by atoms with Crippen LogP contribution in [0.5, 0.6) is 5.75 Å². The third-order valence-electron chi connectivity index (χ3n) is 7.28. The summed E-state index contributed by atoms with van der Waals surface area (Å²) in [6, 6.07) is 6.02. The van der Waals surface area contributed by atoms with Crippen LogP contribution in [-0.2, 0) is 6.42 Å². The molecule has 0 amide bonds. The van der Waals surface area contributed by atoms with Crippen molar-refractivity contribution < 1.29 is 5.11 Å². The Kier molecular flexibility index (Phi) is 3.78. The van der Waals surface area contributed by atoms with E-state index in [1.807, 2.05) is 12.1 Å². The van der Waals surface area contributed by atoms with E-state index in [4.69, 9.17) is 0 Å². The molecule has 1 N–H and O–H groups in total. The number of hydrogen-bond donors (Lipinski definition) is 1. The van der Waals surface area contributed by atoms with E-state index in [0.29, 0.717) is 11.2 Å². The molecule has 1 saturated carbocycles. The highest BCUT2D eigenvalue weighted by Gasteiger charge is 2.51. The number of aryl methyl sites for hydroxylation is 1. The molecule has 1 heteroatoms. The quantitative estimate of drug-likeness (QED) is 0.729. The first-order chi connectivity index (χ1) is 11.1. The van der Waals surface area contributed by atoms with Gasteiger partial charge in [0, 0.05) is 0 Å². The molecular weight excluding hydrogens is 280 g/mol. The largest absolute Gasteiger partial charge is 0.508 e. The lowest BCUT2D eigenvalue weighted by Gasteiger charge is -2.47. The Labute approximate surface area is 140 Å². The van der Waals surface area contributed by atoms with E-state index in [2.05, 4.69) is 26.0 Å². The van der Waals surface area contributed by atoms with Crippen LogP contribution in [0.25, 0.3) is 5.57 Å². The lowest BCUT2D eigenvalue weighted by Crippen LogP contribution is -2.37. The normalized spacial score (nSPS) is 35.2. The SMILES string of the molecule is CCCCC1CCC2C3CCc4cc(O)ccc4C3=CCC12C. The van der Waals surface area contributed by atoms with Gasteiger partial charge in [0.25, 0.3) is 0 Å².